The number of aromatic amines is 1. The maximum atomic E-state index is 12.6. The summed E-state index contributed by atoms with van der Waals surface area (Å²) in [7, 11) is 0. The highest BCUT2D eigenvalue weighted by molar-refractivity contribution is 7.71. The molecule has 0 saturated heterocycles. The molecule has 0 atom stereocenters. The molecule has 0 unspecified atom stereocenters. The fraction of sp³-hybridized carbons (Fsp3) is 0.333. The number of para-hydroxylation sites is 1. The van der Waals surface area contributed by atoms with Crippen molar-refractivity contribution in [2.24, 2.45) is 5.92 Å². The Morgan fingerprint density at radius 2 is 1.75 bits per heavy atom. The van der Waals surface area contributed by atoms with E-state index >= 15 is 0 Å². The van der Waals surface area contributed by atoms with Gasteiger partial charge < -0.3 is 15.6 Å². The maximum Gasteiger partial charge on any atom is 0.262 e. The number of carbonyl (C=O) groups is 2. The molecule has 0 bridgehead atoms. The van der Waals surface area contributed by atoms with Gasteiger partial charge in [0.15, 0.2) is 4.77 Å². The lowest BCUT2D eigenvalue weighted by Crippen LogP contribution is -2.22. The number of nitrogens with one attached hydrogen (secondary N) is 3. The van der Waals surface area contributed by atoms with E-state index in [4.69, 9.17) is 12.2 Å². The Morgan fingerprint density at radius 1 is 1.00 bits per heavy atom. The molecule has 2 aromatic carbocycles. The average molecular weight is 451 g/mol. The quantitative estimate of drug-likeness (QED) is 0.328. The first-order chi connectivity index (χ1) is 15.5. The number of nitrogens with zero attached hydrogens (tertiary/aromatic N) is 1. The summed E-state index contributed by atoms with van der Waals surface area (Å²) >= 11 is 5.33. The third kappa shape index (κ3) is 5.50. The Balaban J connectivity index is 1.23. The van der Waals surface area contributed by atoms with Gasteiger partial charge in [-0.1, -0.05) is 24.6 Å². The van der Waals surface area contributed by atoms with Crippen LogP contribution in [0.25, 0.3) is 10.9 Å². The second-order valence-corrected chi connectivity index (χ2v) is 8.52. The predicted molar refractivity (Wildman–Crippen MR) is 128 cm³/mol. The summed E-state index contributed by atoms with van der Waals surface area (Å²) in [4.78, 5) is 39.9. The molecule has 0 aliphatic heterocycles. The highest BCUT2D eigenvalue weighted by atomic mass is 32.1. The van der Waals surface area contributed by atoms with Crippen LogP contribution in [0, 0.1) is 10.7 Å². The molecule has 1 saturated carbocycles. The summed E-state index contributed by atoms with van der Waals surface area (Å²) in [5, 5.41) is 6.39. The number of rotatable bonds is 9. The first kappa shape index (κ1) is 22.0. The van der Waals surface area contributed by atoms with Gasteiger partial charge in [0.25, 0.3) is 5.56 Å². The smallest absolute Gasteiger partial charge is 0.262 e. The second-order valence-electron chi connectivity index (χ2n) is 8.14. The minimum absolute atomic E-state index is 0.0406. The van der Waals surface area contributed by atoms with Crippen LogP contribution in [-0.4, -0.2) is 21.4 Å². The van der Waals surface area contributed by atoms with Crippen LogP contribution < -0.4 is 16.2 Å². The summed E-state index contributed by atoms with van der Waals surface area (Å²) in [6, 6.07) is 14.5. The van der Waals surface area contributed by atoms with Crippen molar-refractivity contribution in [2.45, 2.75) is 45.1 Å². The molecule has 1 heterocycles. The zero-order chi connectivity index (χ0) is 22.5. The molecular weight excluding hydrogens is 424 g/mol. The van der Waals surface area contributed by atoms with Gasteiger partial charge >= 0.3 is 0 Å². The number of fused-ring (bicyclic) bond motifs is 1. The first-order valence-corrected chi connectivity index (χ1v) is 11.3. The van der Waals surface area contributed by atoms with Gasteiger partial charge in [-0.05, 0) is 68.2 Å². The van der Waals surface area contributed by atoms with Gasteiger partial charge in [0.2, 0.25) is 11.8 Å². The van der Waals surface area contributed by atoms with E-state index in [1.807, 2.05) is 30.3 Å². The van der Waals surface area contributed by atoms with E-state index in [0.717, 1.165) is 31.2 Å². The molecule has 1 aliphatic rings. The van der Waals surface area contributed by atoms with Crippen molar-refractivity contribution < 1.29 is 9.59 Å². The summed E-state index contributed by atoms with van der Waals surface area (Å²) in [6.45, 7) is 0.517. The number of aromatic nitrogens is 2. The second kappa shape index (κ2) is 9.91. The lowest BCUT2D eigenvalue weighted by Gasteiger charge is -2.09. The summed E-state index contributed by atoms with van der Waals surface area (Å²) in [6.07, 6.45) is 4.55. The number of carbonyl (C=O) groups excluding carboxylic acids is 2. The Morgan fingerprint density at radius 3 is 2.53 bits per heavy atom. The van der Waals surface area contributed by atoms with Gasteiger partial charge in [-0.15, -0.1) is 0 Å². The number of amides is 2. The van der Waals surface area contributed by atoms with Crippen LogP contribution in [0.4, 0.5) is 11.4 Å². The third-order valence-electron chi connectivity index (χ3n) is 5.54. The maximum absolute atomic E-state index is 12.6. The van der Waals surface area contributed by atoms with Gasteiger partial charge in [0, 0.05) is 30.3 Å². The topological polar surface area (TPSA) is 96.0 Å². The molecule has 166 valence electrons. The van der Waals surface area contributed by atoms with Crippen LogP contribution >= 0.6 is 12.2 Å². The molecule has 3 N–H and O–H groups in total. The Bertz CT molecular complexity index is 1260. The fourth-order valence-electron chi connectivity index (χ4n) is 3.62. The lowest BCUT2D eigenvalue weighted by atomic mass is 10.1. The van der Waals surface area contributed by atoms with Crippen molar-refractivity contribution in [2.75, 3.05) is 10.6 Å². The monoisotopic (exact) mass is 450 g/mol. The van der Waals surface area contributed by atoms with Crippen molar-refractivity contribution in [3.8, 4) is 0 Å². The van der Waals surface area contributed by atoms with E-state index in [2.05, 4.69) is 15.6 Å². The van der Waals surface area contributed by atoms with Crippen molar-refractivity contribution >= 4 is 46.3 Å². The van der Waals surface area contributed by atoms with Crippen LogP contribution in [0.5, 0.6) is 0 Å². The Labute approximate surface area is 190 Å². The van der Waals surface area contributed by atoms with Gasteiger partial charge in [-0.3, -0.25) is 19.0 Å². The Kier molecular flexibility index (Phi) is 6.80. The number of unbranched alkanes of at least 4 members (excludes halogenated alkanes) is 2. The molecule has 0 spiro atoms. The van der Waals surface area contributed by atoms with E-state index in [0.29, 0.717) is 40.9 Å². The number of hydrogen-bond donors (Lipinski definition) is 3. The van der Waals surface area contributed by atoms with E-state index < -0.39 is 0 Å². The van der Waals surface area contributed by atoms with E-state index in [1.165, 1.54) is 0 Å². The van der Waals surface area contributed by atoms with Crippen molar-refractivity contribution in [1.29, 1.82) is 0 Å². The minimum atomic E-state index is -0.0873. The minimum Gasteiger partial charge on any atom is -0.332 e. The molecule has 8 heteroatoms. The zero-order valence-electron chi connectivity index (χ0n) is 17.7. The zero-order valence-corrected chi connectivity index (χ0v) is 18.5. The van der Waals surface area contributed by atoms with Crippen LogP contribution in [0.3, 0.4) is 0 Å². The van der Waals surface area contributed by atoms with Crippen LogP contribution in [0.2, 0.25) is 0 Å². The summed E-state index contributed by atoms with van der Waals surface area (Å²) in [5.41, 5.74) is 2.01. The van der Waals surface area contributed by atoms with Gasteiger partial charge in [-0.25, -0.2) is 0 Å². The Hall–Kier alpha value is -3.26. The van der Waals surface area contributed by atoms with E-state index in [1.54, 1.807) is 22.8 Å². The molecule has 7 nitrogen and oxygen atoms in total. The predicted octanol–water partition coefficient (Wildman–Crippen LogP) is 4.61. The summed E-state index contributed by atoms with van der Waals surface area (Å²) < 4.78 is 2.00. The van der Waals surface area contributed by atoms with Crippen molar-refractivity contribution in [3.63, 3.8) is 0 Å². The molecule has 2 amide bonds. The molecule has 4 rings (SSSR count). The van der Waals surface area contributed by atoms with Crippen molar-refractivity contribution in [3.05, 3.63) is 63.7 Å². The van der Waals surface area contributed by atoms with Gasteiger partial charge in [0.05, 0.1) is 10.9 Å². The van der Waals surface area contributed by atoms with Gasteiger partial charge in [0.1, 0.15) is 0 Å². The molecule has 1 aromatic heterocycles. The highest BCUT2D eigenvalue weighted by Crippen LogP contribution is 2.30. The number of H-pyrrole nitrogens is 1. The standard InChI is InChI=1S/C24H26N4O3S/c29-21(25-17-7-6-8-18(15-17)26-22(30)16-12-13-16)11-2-1-5-14-28-23(31)19-9-3-4-10-20(19)27-24(28)32/h3-4,6-10,15-16H,1-2,5,11-14H2,(H,25,29)(H,26,30)(H,27,32). The van der Waals surface area contributed by atoms with Crippen LogP contribution in [0.15, 0.2) is 53.3 Å². The SMILES string of the molecule is O=C(CCCCCn1c(=S)[nH]c2ccccc2c1=O)Nc1cccc(NC(=O)C2CC2)c1. The lowest BCUT2D eigenvalue weighted by molar-refractivity contribution is -0.117. The molecule has 1 fully saturated rings. The van der Waals surface area contributed by atoms with Crippen LogP contribution in [0.1, 0.15) is 38.5 Å². The summed E-state index contributed by atoms with van der Waals surface area (Å²) in [5.74, 6) is 0.100. The first-order valence-electron chi connectivity index (χ1n) is 10.9. The number of benzene rings is 2. The molecule has 32 heavy (non-hydrogen) atoms. The van der Waals surface area contributed by atoms with Gasteiger partial charge in [-0.2, -0.15) is 0 Å². The number of hydrogen-bond acceptors (Lipinski definition) is 4. The normalized spacial score (nSPS) is 13.1. The van der Waals surface area contributed by atoms with E-state index in [9.17, 15) is 14.4 Å². The molecule has 1 aliphatic carbocycles. The molecule has 0 radical (unpaired) electrons. The van der Waals surface area contributed by atoms with E-state index in [-0.39, 0.29) is 23.3 Å². The average Bonchev–Trinajstić information content (AvgIpc) is 3.61. The number of anilines is 2. The molecular formula is C24H26N4O3S. The molecule has 3 aromatic rings. The largest absolute Gasteiger partial charge is 0.332 e. The third-order valence-corrected chi connectivity index (χ3v) is 5.86. The highest BCUT2D eigenvalue weighted by Gasteiger charge is 2.29. The van der Waals surface area contributed by atoms with Crippen molar-refractivity contribution in [1.82, 2.24) is 9.55 Å². The van der Waals surface area contributed by atoms with Crippen LogP contribution in [-0.2, 0) is 16.1 Å². The fourth-order valence-corrected chi connectivity index (χ4v) is 3.91.